The van der Waals surface area contributed by atoms with E-state index in [1.165, 1.54) is 33.3 Å². The van der Waals surface area contributed by atoms with Gasteiger partial charge < -0.3 is 15.4 Å². The molecule has 1 unspecified atom stereocenters. The van der Waals surface area contributed by atoms with E-state index in [0.717, 1.165) is 37.2 Å². The van der Waals surface area contributed by atoms with Crippen LogP contribution in [0.1, 0.15) is 35.2 Å². The van der Waals surface area contributed by atoms with E-state index >= 15 is 0 Å². The highest BCUT2D eigenvalue weighted by atomic mass is 16.2. The molecule has 2 aliphatic rings. The van der Waals surface area contributed by atoms with Crippen LogP contribution in [0.15, 0.2) is 47.5 Å². The smallest absolute Gasteiger partial charge is 0.121 e. The number of H-pyrrole nitrogens is 1. The molecule has 0 fully saturated rings. The number of anilines is 1. The van der Waals surface area contributed by atoms with Crippen LogP contribution in [0.5, 0.6) is 0 Å². The van der Waals surface area contributed by atoms with E-state index in [9.17, 15) is 5.11 Å². The Labute approximate surface area is 153 Å². The zero-order valence-electron chi connectivity index (χ0n) is 15.0. The van der Waals surface area contributed by atoms with Gasteiger partial charge in [0.05, 0.1) is 11.4 Å². The van der Waals surface area contributed by atoms with Gasteiger partial charge in [0.2, 0.25) is 0 Å². The molecular formula is C22H23N3O. The van der Waals surface area contributed by atoms with Crippen LogP contribution in [0, 0.1) is 6.92 Å². The number of aromatic amines is 1. The molecule has 0 saturated carbocycles. The van der Waals surface area contributed by atoms with Crippen molar-refractivity contribution in [3.8, 4) is 0 Å². The van der Waals surface area contributed by atoms with Crippen LogP contribution in [0.2, 0.25) is 0 Å². The van der Waals surface area contributed by atoms with Crippen LogP contribution in [-0.2, 0) is 12.0 Å². The number of fused-ring (bicyclic) bond motifs is 7. The number of nitrogens with zero attached hydrogens (tertiary/aromatic N) is 1. The fourth-order valence-corrected chi connectivity index (χ4v) is 4.64. The second kappa shape index (κ2) is 5.71. The van der Waals surface area contributed by atoms with Gasteiger partial charge in [0.25, 0.3) is 0 Å². The van der Waals surface area contributed by atoms with Crippen molar-refractivity contribution in [1.29, 1.82) is 0 Å². The number of aliphatic hydroxyl groups is 1. The molecule has 0 bridgehead atoms. The molecule has 0 aliphatic carbocycles. The Kier molecular flexibility index (Phi) is 3.44. The number of para-hydroxylation sites is 1. The van der Waals surface area contributed by atoms with E-state index in [0.29, 0.717) is 0 Å². The second-order valence-electron chi connectivity index (χ2n) is 7.41. The Morgan fingerprint density at radius 3 is 2.96 bits per heavy atom. The minimum atomic E-state index is -0.385. The molecule has 2 aliphatic heterocycles. The summed E-state index contributed by atoms with van der Waals surface area (Å²) in [5.41, 5.74) is 8.06. The monoisotopic (exact) mass is 345 g/mol. The SMILES string of the molecule is Cc1ccc2c(c1)NC1(CCCO)C2=NCCc2c1[nH]c1ccccc21. The minimum Gasteiger partial charge on any atom is -0.396 e. The predicted molar refractivity (Wildman–Crippen MR) is 106 cm³/mol. The van der Waals surface area contributed by atoms with Gasteiger partial charge in [-0.2, -0.15) is 0 Å². The first-order chi connectivity index (χ1) is 12.7. The summed E-state index contributed by atoms with van der Waals surface area (Å²) in [4.78, 5) is 8.73. The van der Waals surface area contributed by atoms with Crippen molar-refractivity contribution >= 4 is 22.3 Å². The van der Waals surface area contributed by atoms with Crippen molar-refractivity contribution in [2.24, 2.45) is 4.99 Å². The van der Waals surface area contributed by atoms with Crippen molar-refractivity contribution in [3.05, 3.63) is 64.8 Å². The number of aliphatic hydroxyl groups excluding tert-OH is 1. The number of aromatic nitrogens is 1. The average molecular weight is 345 g/mol. The second-order valence-corrected chi connectivity index (χ2v) is 7.41. The lowest BCUT2D eigenvalue weighted by Crippen LogP contribution is -2.40. The number of hydrogen-bond acceptors (Lipinski definition) is 3. The lowest BCUT2D eigenvalue weighted by molar-refractivity contribution is 0.276. The van der Waals surface area contributed by atoms with Crippen molar-refractivity contribution in [1.82, 2.24) is 4.98 Å². The number of hydrogen-bond donors (Lipinski definition) is 3. The third-order valence-corrected chi connectivity index (χ3v) is 5.76. The van der Waals surface area contributed by atoms with Gasteiger partial charge in [-0.3, -0.25) is 4.99 Å². The molecule has 0 amide bonds. The summed E-state index contributed by atoms with van der Waals surface area (Å²) in [5, 5.41) is 14.7. The number of nitrogens with one attached hydrogen (secondary N) is 2. The van der Waals surface area contributed by atoms with Gasteiger partial charge in [-0.1, -0.05) is 30.3 Å². The molecule has 5 rings (SSSR count). The summed E-state index contributed by atoms with van der Waals surface area (Å²) >= 11 is 0. The number of rotatable bonds is 3. The topological polar surface area (TPSA) is 60.4 Å². The maximum atomic E-state index is 9.55. The molecule has 3 N–H and O–H groups in total. The summed E-state index contributed by atoms with van der Waals surface area (Å²) in [6, 6.07) is 15.1. The molecular weight excluding hydrogens is 322 g/mol. The van der Waals surface area contributed by atoms with Gasteiger partial charge in [-0.25, -0.2) is 0 Å². The van der Waals surface area contributed by atoms with E-state index in [1.807, 2.05) is 0 Å². The summed E-state index contributed by atoms with van der Waals surface area (Å²) in [5.74, 6) is 0. The van der Waals surface area contributed by atoms with Gasteiger partial charge in [0, 0.05) is 35.3 Å². The Morgan fingerprint density at radius 1 is 1.19 bits per heavy atom. The standard InChI is InChI=1S/C22H23N3O/c1-14-7-8-17-19(13-14)25-22(10-4-12-26)20(17)23-11-9-16-15-5-2-3-6-18(15)24-21(16)22/h2-3,5-8,13,24-26H,4,9-12H2,1H3. The normalized spacial score (nSPS) is 20.8. The minimum absolute atomic E-state index is 0.182. The third kappa shape index (κ3) is 2.08. The van der Waals surface area contributed by atoms with Gasteiger partial charge in [-0.15, -0.1) is 0 Å². The quantitative estimate of drug-likeness (QED) is 0.674. The van der Waals surface area contributed by atoms with Crippen LogP contribution < -0.4 is 5.32 Å². The van der Waals surface area contributed by atoms with Crippen LogP contribution in [-0.4, -0.2) is 29.0 Å². The van der Waals surface area contributed by atoms with E-state index in [4.69, 9.17) is 4.99 Å². The molecule has 132 valence electrons. The first kappa shape index (κ1) is 15.6. The van der Waals surface area contributed by atoms with Crippen molar-refractivity contribution in [2.45, 2.75) is 31.7 Å². The summed E-state index contributed by atoms with van der Waals surface area (Å²) in [6.45, 7) is 3.09. The zero-order valence-corrected chi connectivity index (χ0v) is 15.0. The lowest BCUT2D eigenvalue weighted by atomic mass is 9.83. The number of aryl methyl sites for hydroxylation is 1. The fourth-order valence-electron chi connectivity index (χ4n) is 4.64. The van der Waals surface area contributed by atoms with Gasteiger partial charge >= 0.3 is 0 Å². The maximum Gasteiger partial charge on any atom is 0.121 e. The van der Waals surface area contributed by atoms with Crippen LogP contribution in [0.3, 0.4) is 0 Å². The highest BCUT2D eigenvalue weighted by molar-refractivity contribution is 6.17. The van der Waals surface area contributed by atoms with Gasteiger partial charge in [0.1, 0.15) is 5.54 Å². The van der Waals surface area contributed by atoms with Crippen molar-refractivity contribution in [3.63, 3.8) is 0 Å². The molecule has 3 aromatic rings. The molecule has 4 nitrogen and oxygen atoms in total. The molecule has 1 atom stereocenters. The highest BCUT2D eigenvalue weighted by Gasteiger charge is 2.47. The van der Waals surface area contributed by atoms with Crippen molar-refractivity contribution < 1.29 is 5.11 Å². The van der Waals surface area contributed by atoms with E-state index < -0.39 is 0 Å². The Hall–Kier alpha value is -2.59. The van der Waals surface area contributed by atoms with Crippen LogP contribution >= 0.6 is 0 Å². The molecule has 0 radical (unpaired) electrons. The lowest BCUT2D eigenvalue weighted by Gasteiger charge is -2.30. The number of benzene rings is 2. The van der Waals surface area contributed by atoms with Crippen molar-refractivity contribution in [2.75, 3.05) is 18.5 Å². The third-order valence-electron chi connectivity index (χ3n) is 5.76. The average Bonchev–Trinajstić information content (AvgIpc) is 3.12. The summed E-state index contributed by atoms with van der Waals surface area (Å²) < 4.78 is 0. The molecule has 1 aromatic heterocycles. The Bertz CT molecular complexity index is 1030. The predicted octanol–water partition coefficient (Wildman–Crippen LogP) is 3.92. The van der Waals surface area contributed by atoms with Gasteiger partial charge in [-0.05, 0) is 49.4 Å². The zero-order chi connectivity index (χ0) is 17.7. The van der Waals surface area contributed by atoms with Crippen LogP contribution in [0.4, 0.5) is 5.69 Å². The summed E-state index contributed by atoms with van der Waals surface area (Å²) in [6.07, 6.45) is 2.48. The number of aliphatic imine (C=N–C) groups is 1. The molecule has 2 aromatic carbocycles. The molecule has 0 spiro atoms. The molecule has 4 heteroatoms. The Morgan fingerprint density at radius 2 is 2.08 bits per heavy atom. The van der Waals surface area contributed by atoms with E-state index in [1.54, 1.807) is 0 Å². The van der Waals surface area contributed by atoms with E-state index in [2.05, 4.69) is 59.7 Å². The molecule has 0 saturated heterocycles. The largest absolute Gasteiger partial charge is 0.396 e. The first-order valence-corrected chi connectivity index (χ1v) is 9.38. The first-order valence-electron chi connectivity index (χ1n) is 9.38. The molecule has 3 heterocycles. The van der Waals surface area contributed by atoms with E-state index in [-0.39, 0.29) is 12.1 Å². The molecule has 26 heavy (non-hydrogen) atoms. The Balaban J connectivity index is 1.78. The highest BCUT2D eigenvalue weighted by Crippen LogP contribution is 2.46. The summed E-state index contributed by atoms with van der Waals surface area (Å²) in [7, 11) is 0. The van der Waals surface area contributed by atoms with Crippen LogP contribution in [0.25, 0.3) is 10.9 Å². The van der Waals surface area contributed by atoms with Gasteiger partial charge in [0.15, 0.2) is 0 Å². The fraction of sp³-hybridized carbons (Fsp3) is 0.318. The maximum absolute atomic E-state index is 9.55.